The van der Waals surface area contributed by atoms with Crippen LogP contribution in [0.25, 0.3) is 10.9 Å². The first-order valence-corrected chi connectivity index (χ1v) is 10.3. The molecule has 9 heteroatoms. The number of benzene rings is 2. The van der Waals surface area contributed by atoms with Gasteiger partial charge in [0.1, 0.15) is 10.7 Å². The molecule has 2 aromatic heterocycles. The van der Waals surface area contributed by atoms with Gasteiger partial charge in [0.05, 0.1) is 22.3 Å². The van der Waals surface area contributed by atoms with Gasteiger partial charge in [0, 0.05) is 24.2 Å². The summed E-state index contributed by atoms with van der Waals surface area (Å²) in [4.78, 5) is 16.4. The lowest BCUT2D eigenvalue weighted by Crippen LogP contribution is -2.14. The monoisotopic (exact) mass is 429 g/mol. The Morgan fingerprint density at radius 2 is 1.93 bits per heavy atom. The fourth-order valence-corrected chi connectivity index (χ4v) is 4.48. The normalized spacial score (nSPS) is 11.7. The summed E-state index contributed by atoms with van der Waals surface area (Å²) in [6.45, 7) is 0. The smallest absolute Gasteiger partial charge is 0.285 e. The Balaban J connectivity index is 1.74. The number of carbonyl (C=O) groups is 1. The summed E-state index contributed by atoms with van der Waals surface area (Å²) in [6, 6.07) is 11.8. The Kier molecular flexibility index (Phi) is 4.89. The summed E-state index contributed by atoms with van der Waals surface area (Å²) in [7, 11) is -3.96. The van der Waals surface area contributed by atoms with Crippen LogP contribution in [0.3, 0.4) is 0 Å². The molecular formula is C20H13ClFN3O3S. The van der Waals surface area contributed by atoms with Crippen LogP contribution in [0.4, 0.5) is 4.39 Å². The molecular weight excluding hydrogens is 417 g/mol. The van der Waals surface area contributed by atoms with Crippen molar-refractivity contribution in [1.29, 1.82) is 0 Å². The predicted molar refractivity (Wildman–Crippen MR) is 106 cm³/mol. The maximum Gasteiger partial charge on any atom is 0.285 e. The maximum atomic E-state index is 14.0. The van der Waals surface area contributed by atoms with E-state index in [0.717, 1.165) is 10.2 Å². The second kappa shape index (κ2) is 7.38. The zero-order valence-corrected chi connectivity index (χ0v) is 16.4. The van der Waals surface area contributed by atoms with Crippen LogP contribution in [0, 0.1) is 5.82 Å². The van der Waals surface area contributed by atoms with E-state index in [9.17, 15) is 17.6 Å². The molecule has 0 spiro atoms. The van der Waals surface area contributed by atoms with Gasteiger partial charge in [-0.25, -0.2) is 4.39 Å². The summed E-state index contributed by atoms with van der Waals surface area (Å²) in [5.41, 5.74) is 0.620. The largest absolute Gasteiger partial charge is 0.294 e. The van der Waals surface area contributed by atoms with Crippen molar-refractivity contribution >= 4 is 38.3 Å². The number of carbonyl (C=O) groups excluding carboxylic acids is 1. The van der Waals surface area contributed by atoms with E-state index in [1.165, 1.54) is 42.9 Å². The van der Waals surface area contributed by atoms with E-state index < -0.39 is 21.6 Å². The van der Waals surface area contributed by atoms with Crippen molar-refractivity contribution in [2.45, 2.75) is 11.3 Å². The summed E-state index contributed by atoms with van der Waals surface area (Å²) in [5.74, 6) is -1.21. The second-order valence-electron chi connectivity index (χ2n) is 6.27. The van der Waals surface area contributed by atoms with Gasteiger partial charge >= 0.3 is 0 Å². The van der Waals surface area contributed by atoms with Crippen molar-refractivity contribution in [2.24, 2.45) is 0 Å². The van der Waals surface area contributed by atoms with E-state index in [1.807, 2.05) is 0 Å². The van der Waals surface area contributed by atoms with E-state index in [0.29, 0.717) is 16.5 Å². The highest BCUT2D eigenvalue weighted by molar-refractivity contribution is 7.90. The van der Waals surface area contributed by atoms with Gasteiger partial charge in [0.2, 0.25) is 0 Å². The van der Waals surface area contributed by atoms with Gasteiger partial charge in [0.25, 0.3) is 10.0 Å². The summed E-state index contributed by atoms with van der Waals surface area (Å²) in [6.07, 6.45) is 3.98. The van der Waals surface area contributed by atoms with Crippen molar-refractivity contribution in [1.82, 2.24) is 14.2 Å². The number of hydrogen-bond donors (Lipinski definition) is 0. The molecule has 0 saturated heterocycles. The van der Waals surface area contributed by atoms with Crippen LogP contribution in [0.1, 0.15) is 15.9 Å². The summed E-state index contributed by atoms with van der Waals surface area (Å²) in [5, 5.41) is 4.59. The number of ketones is 1. The molecule has 0 amide bonds. The van der Waals surface area contributed by atoms with Gasteiger partial charge < -0.3 is 0 Å². The Morgan fingerprint density at radius 1 is 1.10 bits per heavy atom. The molecule has 0 bridgehead atoms. The Hall–Kier alpha value is -3.10. The lowest BCUT2D eigenvalue weighted by atomic mass is 10.0. The quantitative estimate of drug-likeness (QED) is 0.449. The number of fused-ring (bicyclic) bond motifs is 1. The second-order valence-corrected chi connectivity index (χ2v) is 8.45. The lowest BCUT2D eigenvalue weighted by Gasteiger charge is -2.08. The minimum atomic E-state index is -3.96. The van der Waals surface area contributed by atoms with E-state index >= 15 is 0 Å². The number of nitrogens with zero attached hydrogens (tertiary/aromatic N) is 3. The predicted octanol–water partition coefficient (Wildman–Crippen LogP) is 3.89. The highest BCUT2D eigenvalue weighted by atomic mass is 35.5. The molecule has 29 heavy (non-hydrogen) atoms. The van der Waals surface area contributed by atoms with Gasteiger partial charge in [-0.15, -0.1) is 0 Å². The standard InChI is InChI=1S/C20H13ClFN3O3S/c21-16-4-1-5-17(22)20(16)19(26)10-13-6-7-14-11-24-25(18(14)9-13)29(27,28)15-3-2-8-23-12-15/h1-9,11-12H,10H2. The minimum Gasteiger partial charge on any atom is -0.294 e. The Morgan fingerprint density at radius 3 is 2.66 bits per heavy atom. The van der Waals surface area contributed by atoms with Gasteiger partial charge in [-0.1, -0.05) is 29.8 Å². The zero-order valence-electron chi connectivity index (χ0n) is 14.8. The molecule has 0 aliphatic heterocycles. The van der Waals surface area contributed by atoms with E-state index in [2.05, 4.69) is 10.1 Å². The number of aromatic nitrogens is 3. The fraction of sp³-hybridized carbons (Fsp3) is 0.0500. The molecule has 0 aliphatic rings. The number of Topliss-reactive ketones (excluding diaryl/α,β-unsaturated/α-hetero) is 1. The molecule has 6 nitrogen and oxygen atoms in total. The third kappa shape index (κ3) is 3.52. The molecule has 0 atom stereocenters. The summed E-state index contributed by atoms with van der Waals surface area (Å²) >= 11 is 5.96. The molecule has 0 radical (unpaired) electrons. The summed E-state index contributed by atoms with van der Waals surface area (Å²) < 4.78 is 40.7. The number of halogens is 2. The third-order valence-electron chi connectivity index (χ3n) is 4.37. The SMILES string of the molecule is O=C(Cc1ccc2cnn(S(=O)(=O)c3cccnc3)c2c1)c1c(F)cccc1Cl. The van der Waals surface area contributed by atoms with E-state index in [4.69, 9.17) is 11.6 Å². The zero-order chi connectivity index (χ0) is 20.6. The molecule has 0 aliphatic carbocycles. The number of rotatable bonds is 5. The van der Waals surface area contributed by atoms with Crippen molar-refractivity contribution in [3.05, 3.63) is 89.1 Å². The van der Waals surface area contributed by atoms with Crippen LogP contribution < -0.4 is 0 Å². The average Bonchev–Trinajstić information content (AvgIpc) is 3.12. The molecule has 4 rings (SSSR count). The highest BCUT2D eigenvalue weighted by Gasteiger charge is 2.21. The maximum absolute atomic E-state index is 14.0. The average molecular weight is 430 g/mol. The first kappa shape index (κ1) is 19.2. The molecule has 0 N–H and O–H groups in total. The van der Waals surface area contributed by atoms with Crippen LogP contribution in [0.2, 0.25) is 5.02 Å². The number of hydrogen-bond acceptors (Lipinski definition) is 5. The first-order valence-electron chi connectivity index (χ1n) is 8.47. The van der Waals surface area contributed by atoms with Gasteiger partial charge in [0.15, 0.2) is 5.78 Å². The molecule has 4 aromatic rings. The molecule has 2 aromatic carbocycles. The molecule has 0 unspecified atom stereocenters. The van der Waals surface area contributed by atoms with Gasteiger partial charge in [-0.2, -0.15) is 17.6 Å². The lowest BCUT2D eigenvalue weighted by molar-refractivity contribution is 0.0989. The number of pyridine rings is 1. The van der Waals surface area contributed by atoms with E-state index in [1.54, 1.807) is 18.2 Å². The highest BCUT2D eigenvalue weighted by Crippen LogP contribution is 2.24. The van der Waals surface area contributed by atoms with Crippen LogP contribution >= 0.6 is 11.6 Å². The Bertz CT molecular complexity index is 1320. The van der Waals surface area contributed by atoms with Crippen LogP contribution in [-0.2, 0) is 16.4 Å². The Labute approximate surface area is 170 Å². The topological polar surface area (TPSA) is 81.9 Å². The van der Waals surface area contributed by atoms with Gasteiger partial charge in [-0.05, 0) is 35.9 Å². The van der Waals surface area contributed by atoms with Crippen LogP contribution in [-0.4, -0.2) is 28.4 Å². The van der Waals surface area contributed by atoms with Crippen molar-refractivity contribution in [3.63, 3.8) is 0 Å². The van der Waals surface area contributed by atoms with Crippen LogP contribution in [0.5, 0.6) is 0 Å². The fourth-order valence-electron chi connectivity index (χ4n) is 2.98. The minimum absolute atomic E-state index is 0.00961. The molecule has 0 saturated carbocycles. The van der Waals surface area contributed by atoms with Crippen molar-refractivity contribution in [3.8, 4) is 0 Å². The molecule has 146 valence electrons. The third-order valence-corrected chi connectivity index (χ3v) is 6.27. The van der Waals surface area contributed by atoms with E-state index in [-0.39, 0.29) is 21.9 Å². The molecule has 2 heterocycles. The first-order chi connectivity index (χ1) is 13.9. The van der Waals surface area contributed by atoms with Crippen molar-refractivity contribution in [2.75, 3.05) is 0 Å². The van der Waals surface area contributed by atoms with Crippen molar-refractivity contribution < 1.29 is 17.6 Å². The molecule has 0 fully saturated rings. The van der Waals surface area contributed by atoms with Crippen LogP contribution in [0.15, 0.2) is 72.0 Å². The van der Waals surface area contributed by atoms with Gasteiger partial charge in [-0.3, -0.25) is 9.78 Å².